The summed E-state index contributed by atoms with van der Waals surface area (Å²) in [5, 5.41) is 12.3. The van der Waals surface area contributed by atoms with E-state index in [0.717, 1.165) is 47.8 Å². The number of piperidine rings is 1. The Kier molecular flexibility index (Phi) is 4.15. The molecule has 0 radical (unpaired) electrons. The van der Waals surface area contributed by atoms with Crippen LogP contribution in [-0.4, -0.2) is 38.2 Å². The zero-order valence-corrected chi connectivity index (χ0v) is 14.1. The molecule has 0 aliphatic carbocycles. The number of nitrogens with zero attached hydrogens (tertiary/aromatic N) is 4. The van der Waals surface area contributed by atoms with Crippen LogP contribution >= 0.6 is 0 Å². The van der Waals surface area contributed by atoms with E-state index in [1.165, 1.54) is 0 Å². The fraction of sp³-hybridized carbons (Fsp3) is 0.333. The zero-order valence-electron chi connectivity index (χ0n) is 14.1. The van der Waals surface area contributed by atoms with Gasteiger partial charge in [0.1, 0.15) is 5.82 Å². The zero-order chi connectivity index (χ0) is 17.2. The van der Waals surface area contributed by atoms with Crippen LogP contribution < -0.4 is 10.6 Å². The minimum absolute atomic E-state index is 0.0203. The minimum atomic E-state index is -0.130. The predicted molar refractivity (Wildman–Crippen MR) is 96.0 cm³/mol. The van der Waals surface area contributed by atoms with E-state index in [9.17, 15) is 4.79 Å². The topological polar surface area (TPSA) is 84.7 Å². The van der Waals surface area contributed by atoms with E-state index in [0.29, 0.717) is 5.82 Å². The first-order valence-electron chi connectivity index (χ1n) is 8.48. The predicted octanol–water partition coefficient (Wildman–Crippen LogP) is 2.11. The highest BCUT2D eigenvalue weighted by Gasteiger charge is 2.20. The number of anilines is 1. The van der Waals surface area contributed by atoms with Gasteiger partial charge in [-0.05, 0) is 36.9 Å². The van der Waals surface area contributed by atoms with E-state index >= 15 is 0 Å². The fourth-order valence-corrected chi connectivity index (χ4v) is 3.11. The van der Waals surface area contributed by atoms with Gasteiger partial charge in [0.25, 0.3) is 0 Å². The molecule has 4 rings (SSSR count). The smallest absolute Gasteiger partial charge is 0.242 e. The highest BCUT2D eigenvalue weighted by Crippen LogP contribution is 2.23. The molecular formula is C18H20N6O. The van der Waals surface area contributed by atoms with Crippen LogP contribution in [0.2, 0.25) is 0 Å². The lowest BCUT2D eigenvalue weighted by atomic mass is 10.0. The first-order valence-corrected chi connectivity index (χ1v) is 8.48. The Hall–Kier alpha value is -2.80. The summed E-state index contributed by atoms with van der Waals surface area (Å²) in [7, 11) is 1.88. The molecule has 128 valence electrons. The number of hydrogen-bond donors (Lipinski definition) is 2. The van der Waals surface area contributed by atoms with Gasteiger partial charge in [0.15, 0.2) is 0 Å². The Morgan fingerprint density at radius 3 is 2.84 bits per heavy atom. The summed E-state index contributed by atoms with van der Waals surface area (Å²) in [5.41, 5.74) is 1.80. The third-order valence-corrected chi connectivity index (χ3v) is 4.48. The summed E-state index contributed by atoms with van der Waals surface area (Å²) in [6.45, 7) is 0.892. The van der Waals surface area contributed by atoms with E-state index in [2.05, 4.69) is 25.7 Å². The molecule has 1 amide bonds. The molecule has 0 aromatic carbocycles. The quantitative estimate of drug-likeness (QED) is 0.765. The molecule has 3 aromatic rings. The molecule has 1 unspecified atom stereocenters. The summed E-state index contributed by atoms with van der Waals surface area (Å²) in [6, 6.07) is 3.75. The molecule has 25 heavy (non-hydrogen) atoms. The minimum Gasteiger partial charge on any atom is -0.309 e. The Morgan fingerprint density at radius 1 is 1.20 bits per heavy atom. The summed E-state index contributed by atoms with van der Waals surface area (Å²) in [6.07, 6.45) is 10.3. The number of fused-ring (bicyclic) bond motifs is 1. The molecule has 0 bridgehead atoms. The maximum Gasteiger partial charge on any atom is 0.242 e. The molecular weight excluding hydrogens is 316 g/mol. The van der Waals surface area contributed by atoms with Crippen LogP contribution in [0.1, 0.15) is 19.3 Å². The average molecular weight is 336 g/mol. The SMILES string of the molecule is Cn1cc(-c2cc3cc(NC(=O)C4CCCCN4)ncc3cn2)cn1. The van der Waals surface area contributed by atoms with Crippen molar-refractivity contribution >= 4 is 22.5 Å². The maximum atomic E-state index is 12.4. The summed E-state index contributed by atoms with van der Waals surface area (Å²) < 4.78 is 1.75. The highest BCUT2D eigenvalue weighted by atomic mass is 16.2. The van der Waals surface area contributed by atoms with Crippen LogP contribution in [0.25, 0.3) is 22.0 Å². The second kappa shape index (κ2) is 6.60. The number of aryl methyl sites for hydroxylation is 1. The van der Waals surface area contributed by atoms with Gasteiger partial charge in [0.2, 0.25) is 5.91 Å². The lowest BCUT2D eigenvalue weighted by Gasteiger charge is -2.22. The van der Waals surface area contributed by atoms with Gasteiger partial charge in [-0.2, -0.15) is 5.10 Å². The van der Waals surface area contributed by atoms with Crippen molar-refractivity contribution in [2.45, 2.75) is 25.3 Å². The summed E-state index contributed by atoms with van der Waals surface area (Å²) in [4.78, 5) is 21.2. The fourth-order valence-electron chi connectivity index (χ4n) is 3.11. The highest BCUT2D eigenvalue weighted by molar-refractivity contribution is 5.96. The van der Waals surface area contributed by atoms with Gasteiger partial charge < -0.3 is 10.6 Å². The maximum absolute atomic E-state index is 12.4. The Bertz CT molecular complexity index is 913. The van der Waals surface area contributed by atoms with E-state index in [1.807, 2.05) is 25.4 Å². The van der Waals surface area contributed by atoms with Crippen LogP contribution in [-0.2, 0) is 11.8 Å². The molecule has 3 aromatic heterocycles. The normalized spacial score (nSPS) is 17.6. The number of nitrogens with one attached hydrogen (secondary N) is 2. The summed E-state index contributed by atoms with van der Waals surface area (Å²) >= 11 is 0. The number of hydrogen-bond acceptors (Lipinski definition) is 5. The van der Waals surface area contributed by atoms with Gasteiger partial charge >= 0.3 is 0 Å². The van der Waals surface area contributed by atoms with E-state index < -0.39 is 0 Å². The lowest BCUT2D eigenvalue weighted by Crippen LogP contribution is -2.43. The molecule has 1 atom stereocenters. The lowest BCUT2D eigenvalue weighted by molar-refractivity contribution is -0.118. The second-order valence-electron chi connectivity index (χ2n) is 6.38. The summed E-state index contributed by atoms with van der Waals surface area (Å²) in [5.74, 6) is 0.543. The van der Waals surface area contributed by atoms with E-state index in [1.54, 1.807) is 23.3 Å². The van der Waals surface area contributed by atoms with E-state index in [4.69, 9.17) is 0 Å². The standard InChI is InChI=1S/C18H20N6O/c1-24-11-14(10-22-24)16-6-12-7-17(21-9-13(12)8-20-16)23-18(25)15-4-2-3-5-19-15/h6-11,15,19H,2-5H2,1H3,(H,21,23,25). The van der Waals surface area contributed by atoms with Crippen LogP contribution in [0.4, 0.5) is 5.82 Å². The van der Waals surface area contributed by atoms with Crippen LogP contribution in [0.3, 0.4) is 0 Å². The van der Waals surface area contributed by atoms with Crippen molar-refractivity contribution in [2.75, 3.05) is 11.9 Å². The molecule has 4 heterocycles. The van der Waals surface area contributed by atoms with Crippen molar-refractivity contribution in [1.82, 2.24) is 25.1 Å². The van der Waals surface area contributed by atoms with Crippen LogP contribution in [0.5, 0.6) is 0 Å². The van der Waals surface area contributed by atoms with Crippen molar-refractivity contribution in [3.63, 3.8) is 0 Å². The third kappa shape index (κ3) is 3.36. The van der Waals surface area contributed by atoms with Crippen LogP contribution in [0.15, 0.2) is 36.9 Å². The van der Waals surface area contributed by atoms with Gasteiger partial charge in [0, 0.05) is 36.6 Å². The molecule has 1 saturated heterocycles. The van der Waals surface area contributed by atoms with Gasteiger partial charge in [-0.3, -0.25) is 14.5 Å². The average Bonchev–Trinajstić information content (AvgIpc) is 3.08. The molecule has 7 heteroatoms. The molecule has 7 nitrogen and oxygen atoms in total. The molecule has 2 N–H and O–H groups in total. The number of rotatable bonds is 3. The second-order valence-corrected chi connectivity index (χ2v) is 6.38. The van der Waals surface area contributed by atoms with Gasteiger partial charge in [-0.1, -0.05) is 6.42 Å². The largest absolute Gasteiger partial charge is 0.309 e. The Labute approximate surface area is 145 Å². The molecule has 0 saturated carbocycles. The van der Waals surface area contributed by atoms with E-state index in [-0.39, 0.29) is 11.9 Å². The third-order valence-electron chi connectivity index (χ3n) is 4.48. The first-order chi connectivity index (χ1) is 12.2. The van der Waals surface area contributed by atoms with Gasteiger partial charge in [-0.25, -0.2) is 4.98 Å². The van der Waals surface area contributed by atoms with Crippen LogP contribution in [0, 0.1) is 0 Å². The van der Waals surface area contributed by atoms with Gasteiger partial charge in [0.05, 0.1) is 17.9 Å². The number of carbonyl (C=O) groups excluding carboxylic acids is 1. The monoisotopic (exact) mass is 336 g/mol. The van der Waals surface area contributed by atoms with Crippen molar-refractivity contribution < 1.29 is 4.79 Å². The number of pyridine rings is 2. The Balaban J connectivity index is 1.59. The molecule has 1 fully saturated rings. The van der Waals surface area contributed by atoms with Crippen molar-refractivity contribution in [2.24, 2.45) is 7.05 Å². The van der Waals surface area contributed by atoms with Crippen molar-refractivity contribution in [3.8, 4) is 11.3 Å². The van der Waals surface area contributed by atoms with Gasteiger partial charge in [-0.15, -0.1) is 0 Å². The number of carbonyl (C=O) groups is 1. The molecule has 1 aliphatic rings. The Morgan fingerprint density at radius 2 is 2.08 bits per heavy atom. The molecule has 0 spiro atoms. The first kappa shape index (κ1) is 15.7. The molecule has 1 aliphatic heterocycles. The van der Waals surface area contributed by atoms with Crippen molar-refractivity contribution in [1.29, 1.82) is 0 Å². The number of amides is 1. The number of aromatic nitrogens is 4. The van der Waals surface area contributed by atoms with Crippen molar-refractivity contribution in [3.05, 3.63) is 36.9 Å².